The highest BCUT2D eigenvalue weighted by molar-refractivity contribution is 14.1. The minimum atomic E-state index is -1.04. The van der Waals surface area contributed by atoms with Gasteiger partial charge in [-0.3, -0.25) is 19.0 Å². The van der Waals surface area contributed by atoms with E-state index in [-0.39, 0.29) is 11.8 Å². The van der Waals surface area contributed by atoms with E-state index in [1.165, 1.54) is 31.7 Å². The van der Waals surface area contributed by atoms with Crippen molar-refractivity contribution in [2.75, 3.05) is 6.61 Å². The molecule has 3 heterocycles. The van der Waals surface area contributed by atoms with E-state index in [1.54, 1.807) is 0 Å². The van der Waals surface area contributed by atoms with Crippen LogP contribution in [0.2, 0.25) is 5.15 Å². The van der Waals surface area contributed by atoms with Crippen molar-refractivity contribution in [2.45, 2.75) is 45.3 Å². The molecule has 1 aliphatic heterocycles. The van der Waals surface area contributed by atoms with Crippen LogP contribution >= 0.6 is 34.2 Å². The third-order valence-corrected chi connectivity index (χ3v) is 4.71. The Morgan fingerprint density at radius 2 is 1.79 bits per heavy atom. The van der Waals surface area contributed by atoms with Crippen LogP contribution in [0.4, 0.5) is 0 Å². The van der Waals surface area contributed by atoms with Crippen molar-refractivity contribution in [3.8, 4) is 0 Å². The van der Waals surface area contributed by atoms with Crippen LogP contribution in [0, 0.1) is 3.83 Å². The molecule has 156 valence electrons. The molecular weight excluding hydrogens is 523 g/mol. The molecule has 2 aromatic rings. The lowest BCUT2D eigenvalue weighted by Gasteiger charge is -2.23. The molecule has 0 saturated carbocycles. The largest absolute Gasteiger partial charge is 0.463 e. The molecule has 0 N–H and O–H groups in total. The highest BCUT2D eigenvalue weighted by Gasteiger charge is 2.51. The normalized spacial score (nSPS) is 23.8. The van der Waals surface area contributed by atoms with E-state index in [1.807, 2.05) is 22.6 Å². The highest BCUT2D eigenvalue weighted by atomic mass is 127. The lowest BCUT2D eigenvalue weighted by Crippen LogP contribution is -2.40. The monoisotopic (exact) mass is 538 g/mol. The Hall–Kier alpha value is -2.06. The van der Waals surface area contributed by atoms with Gasteiger partial charge in [0.2, 0.25) is 0 Å². The van der Waals surface area contributed by atoms with Gasteiger partial charge in [-0.2, -0.15) is 0 Å². The molecule has 13 heteroatoms. The quantitative estimate of drug-likeness (QED) is 0.181. The molecular formula is C16H16ClIN4O7. The van der Waals surface area contributed by atoms with Crippen molar-refractivity contribution in [1.82, 2.24) is 19.5 Å². The number of carbonyl (C=O) groups is 3. The van der Waals surface area contributed by atoms with Crippen molar-refractivity contribution in [1.29, 1.82) is 0 Å². The lowest BCUT2D eigenvalue weighted by molar-refractivity contribution is -0.166. The summed E-state index contributed by atoms with van der Waals surface area (Å²) in [6.07, 6.45) is -2.50. The number of hydrogen-bond donors (Lipinski definition) is 0. The molecule has 3 rings (SSSR count). The molecule has 0 spiro atoms. The first-order valence-corrected chi connectivity index (χ1v) is 9.82. The average Bonchev–Trinajstić information content (AvgIpc) is 3.15. The Balaban J connectivity index is 2.04. The molecule has 0 aliphatic carbocycles. The van der Waals surface area contributed by atoms with Crippen molar-refractivity contribution >= 4 is 63.3 Å². The number of hydrogen-bond acceptors (Lipinski definition) is 10. The summed E-state index contributed by atoms with van der Waals surface area (Å²) in [5.74, 6) is -1.76. The number of nitrogens with zero attached hydrogens (tertiary/aromatic N) is 4. The molecule has 11 nitrogen and oxygen atoms in total. The summed E-state index contributed by atoms with van der Waals surface area (Å²) in [7, 11) is 0. The summed E-state index contributed by atoms with van der Waals surface area (Å²) >= 11 is 8.03. The molecule has 1 saturated heterocycles. The van der Waals surface area contributed by atoms with E-state index in [9.17, 15) is 14.4 Å². The van der Waals surface area contributed by atoms with Crippen LogP contribution in [0.15, 0.2) is 6.33 Å². The summed E-state index contributed by atoms with van der Waals surface area (Å²) in [6.45, 7) is 3.46. The smallest absolute Gasteiger partial charge is 0.303 e. The summed E-state index contributed by atoms with van der Waals surface area (Å²) in [5.41, 5.74) is 0.663. The maximum atomic E-state index is 11.7. The van der Waals surface area contributed by atoms with Gasteiger partial charge in [0, 0.05) is 43.4 Å². The second-order valence-corrected chi connectivity index (χ2v) is 7.45. The molecule has 0 bridgehead atoms. The Morgan fingerprint density at radius 3 is 2.41 bits per heavy atom. The average molecular weight is 539 g/mol. The predicted octanol–water partition coefficient (Wildman–Crippen LogP) is 1.41. The summed E-state index contributed by atoms with van der Waals surface area (Å²) in [6, 6.07) is 0. The second kappa shape index (κ2) is 8.75. The third kappa shape index (κ3) is 4.75. The van der Waals surface area contributed by atoms with Crippen molar-refractivity contribution in [3.05, 3.63) is 15.3 Å². The number of ether oxygens (including phenoxy) is 4. The van der Waals surface area contributed by atoms with Gasteiger partial charge in [0.15, 0.2) is 33.1 Å². The van der Waals surface area contributed by atoms with Crippen molar-refractivity contribution in [2.24, 2.45) is 0 Å². The molecule has 29 heavy (non-hydrogen) atoms. The van der Waals surface area contributed by atoms with E-state index in [2.05, 4.69) is 15.0 Å². The molecule has 4 atom stereocenters. The van der Waals surface area contributed by atoms with E-state index < -0.39 is 42.4 Å². The van der Waals surface area contributed by atoms with E-state index >= 15 is 0 Å². The Kier molecular flexibility index (Phi) is 6.53. The Morgan fingerprint density at radius 1 is 1.14 bits per heavy atom. The van der Waals surface area contributed by atoms with Crippen molar-refractivity contribution < 1.29 is 33.3 Å². The van der Waals surface area contributed by atoms with E-state index in [0.717, 1.165) is 0 Å². The maximum Gasteiger partial charge on any atom is 0.303 e. The van der Waals surface area contributed by atoms with Gasteiger partial charge in [0.1, 0.15) is 18.2 Å². The number of esters is 3. The van der Waals surface area contributed by atoms with Crippen molar-refractivity contribution in [3.63, 3.8) is 0 Å². The van der Waals surface area contributed by atoms with Gasteiger partial charge in [-0.25, -0.2) is 15.0 Å². The zero-order valence-corrected chi connectivity index (χ0v) is 18.4. The van der Waals surface area contributed by atoms with E-state index in [0.29, 0.717) is 15.0 Å². The number of imidazole rings is 1. The zero-order valence-electron chi connectivity index (χ0n) is 15.5. The van der Waals surface area contributed by atoms with Crippen LogP contribution in [0.1, 0.15) is 27.0 Å². The first-order chi connectivity index (χ1) is 13.7. The van der Waals surface area contributed by atoms with Gasteiger partial charge in [-0.15, -0.1) is 0 Å². The molecule has 2 unspecified atom stereocenters. The summed E-state index contributed by atoms with van der Waals surface area (Å²) in [5, 5.41) is 0.146. The maximum absolute atomic E-state index is 11.7. The van der Waals surface area contributed by atoms with Gasteiger partial charge in [-0.1, -0.05) is 11.6 Å². The van der Waals surface area contributed by atoms with Crippen LogP contribution in [-0.4, -0.2) is 62.3 Å². The minimum Gasteiger partial charge on any atom is -0.463 e. The predicted molar refractivity (Wildman–Crippen MR) is 105 cm³/mol. The van der Waals surface area contributed by atoms with Gasteiger partial charge in [0.25, 0.3) is 0 Å². The molecule has 0 radical (unpaired) electrons. The standard InChI is InChI=1S/C16H16ClIN4O7/c1-6(23)26-4-9-11(27-7(2)24)12(28-8(3)25)15(29-9)22-5-19-10-13(17)20-16(18)21-14(10)22/h5,9,11-12,15H,4H2,1-3H3/t9-,11?,12?,15-/m1/s1. The first-order valence-electron chi connectivity index (χ1n) is 8.36. The zero-order chi connectivity index (χ0) is 21.3. The van der Waals surface area contributed by atoms with Crippen LogP contribution in [0.25, 0.3) is 11.2 Å². The molecule has 1 aliphatic rings. The Labute approximate surface area is 183 Å². The minimum absolute atomic E-state index is 0.146. The third-order valence-electron chi connectivity index (χ3n) is 3.97. The molecule has 0 aromatic carbocycles. The number of rotatable bonds is 5. The topological polar surface area (TPSA) is 132 Å². The van der Waals surface area contributed by atoms with Crippen LogP contribution < -0.4 is 0 Å². The molecule has 1 fully saturated rings. The highest BCUT2D eigenvalue weighted by Crippen LogP contribution is 2.36. The summed E-state index contributed by atoms with van der Waals surface area (Å²) < 4.78 is 23.6. The fourth-order valence-corrected chi connectivity index (χ4v) is 3.79. The first kappa shape index (κ1) is 21.6. The Bertz CT molecular complexity index is 968. The number of fused-ring (bicyclic) bond motifs is 1. The number of aromatic nitrogens is 4. The van der Waals surface area contributed by atoms with Crippen LogP contribution in [0.5, 0.6) is 0 Å². The van der Waals surface area contributed by atoms with Crippen LogP contribution in [0.3, 0.4) is 0 Å². The number of carbonyl (C=O) groups excluding carboxylic acids is 3. The van der Waals surface area contributed by atoms with Gasteiger partial charge < -0.3 is 18.9 Å². The van der Waals surface area contributed by atoms with E-state index in [4.69, 9.17) is 30.5 Å². The van der Waals surface area contributed by atoms with Gasteiger partial charge in [0.05, 0.1) is 6.33 Å². The molecule has 0 amide bonds. The fraction of sp³-hybridized carbons (Fsp3) is 0.500. The number of halogens is 2. The fourth-order valence-electron chi connectivity index (χ4n) is 2.96. The SMILES string of the molecule is CC(=O)OC[C@H]1O[C@@H](n2cnc3c(Cl)nc(I)nc32)C(OC(C)=O)C1OC(C)=O. The molecule has 2 aromatic heterocycles. The summed E-state index contributed by atoms with van der Waals surface area (Å²) in [4.78, 5) is 47.1. The van der Waals surface area contributed by atoms with Gasteiger partial charge >= 0.3 is 17.9 Å². The van der Waals surface area contributed by atoms with Gasteiger partial charge in [-0.05, 0) is 0 Å². The lowest BCUT2D eigenvalue weighted by atomic mass is 10.1. The van der Waals surface area contributed by atoms with Crippen LogP contribution in [-0.2, 0) is 33.3 Å². The second-order valence-electron chi connectivity index (χ2n) is 6.12.